The average Bonchev–Trinajstić information content (AvgIpc) is 3.33. The minimum absolute atomic E-state index is 0.0829. The van der Waals surface area contributed by atoms with Gasteiger partial charge >= 0.3 is 5.97 Å². The molecule has 0 aliphatic rings. The first kappa shape index (κ1) is 34.0. The number of aryl methyl sites for hydroxylation is 2. The summed E-state index contributed by atoms with van der Waals surface area (Å²) in [6.07, 6.45) is 3.44. The number of carboxylic acid groups (broad SMARTS) is 1. The maximum absolute atomic E-state index is 14.0. The molecule has 0 spiro atoms. The lowest BCUT2D eigenvalue weighted by Gasteiger charge is -2.18. The zero-order valence-electron chi connectivity index (χ0n) is 24.9. The molecular formula is C34H33Cl2F2NO6. The number of rotatable bonds is 15. The minimum Gasteiger partial charge on any atom is -0.481 e. The van der Waals surface area contributed by atoms with Crippen molar-refractivity contribution in [2.75, 3.05) is 19.8 Å². The SMILES string of the molecule is Cc1cc(COCCCCCCNC(=O)c2cc(-c3ccc(F)c(Cl)c3)c(OCC(=O)O)c(-c3ccc(F)c(Cl)c3)c2)c(C)o1. The molecule has 0 atom stereocenters. The molecule has 0 unspecified atom stereocenters. The van der Waals surface area contributed by atoms with E-state index in [1.54, 1.807) is 0 Å². The summed E-state index contributed by atoms with van der Waals surface area (Å²) in [5.41, 5.74) is 2.62. The molecule has 45 heavy (non-hydrogen) atoms. The number of benzene rings is 3. The van der Waals surface area contributed by atoms with E-state index in [1.165, 1.54) is 36.4 Å². The summed E-state index contributed by atoms with van der Waals surface area (Å²) < 4.78 is 45.0. The molecule has 1 heterocycles. The molecular weight excluding hydrogens is 627 g/mol. The zero-order chi connectivity index (χ0) is 32.5. The van der Waals surface area contributed by atoms with E-state index in [0.29, 0.717) is 42.0 Å². The number of furan rings is 1. The molecule has 4 rings (SSSR count). The van der Waals surface area contributed by atoms with Crippen LogP contribution >= 0.6 is 23.2 Å². The molecule has 1 aromatic heterocycles. The maximum Gasteiger partial charge on any atom is 0.341 e. The van der Waals surface area contributed by atoms with Crippen molar-refractivity contribution >= 4 is 35.1 Å². The van der Waals surface area contributed by atoms with E-state index < -0.39 is 30.1 Å². The molecule has 0 aliphatic heterocycles. The van der Waals surface area contributed by atoms with Crippen LogP contribution in [-0.4, -0.2) is 36.7 Å². The average molecular weight is 661 g/mol. The molecule has 4 aromatic rings. The van der Waals surface area contributed by atoms with Crippen LogP contribution in [0.3, 0.4) is 0 Å². The first-order chi connectivity index (χ1) is 21.5. The maximum atomic E-state index is 14.0. The van der Waals surface area contributed by atoms with Crippen LogP contribution in [0.5, 0.6) is 5.75 Å². The van der Waals surface area contributed by atoms with Crippen molar-refractivity contribution in [3.63, 3.8) is 0 Å². The number of hydrogen-bond acceptors (Lipinski definition) is 5. The molecule has 0 saturated carbocycles. The second kappa shape index (κ2) is 15.9. The van der Waals surface area contributed by atoms with Crippen molar-refractivity contribution < 1.29 is 37.4 Å². The Hall–Kier alpha value is -3.92. The fourth-order valence-corrected chi connectivity index (χ4v) is 5.16. The summed E-state index contributed by atoms with van der Waals surface area (Å²) in [6, 6.07) is 12.9. The van der Waals surface area contributed by atoms with Crippen molar-refractivity contribution in [3.05, 3.63) is 98.9 Å². The second-order valence-electron chi connectivity index (χ2n) is 10.5. The Labute approximate surface area is 270 Å². The van der Waals surface area contributed by atoms with Gasteiger partial charge in [0.1, 0.15) is 28.9 Å². The highest BCUT2D eigenvalue weighted by molar-refractivity contribution is 6.31. The van der Waals surface area contributed by atoms with Gasteiger partial charge < -0.3 is 24.3 Å². The highest BCUT2D eigenvalue weighted by Gasteiger charge is 2.21. The number of nitrogens with one attached hydrogen (secondary N) is 1. The van der Waals surface area contributed by atoms with Gasteiger partial charge in [-0.15, -0.1) is 0 Å². The summed E-state index contributed by atoms with van der Waals surface area (Å²) in [4.78, 5) is 24.7. The van der Waals surface area contributed by atoms with Gasteiger partial charge in [0.2, 0.25) is 0 Å². The second-order valence-corrected chi connectivity index (χ2v) is 11.3. The van der Waals surface area contributed by atoms with Crippen molar-refractivity contribution in [3.8, 4) is 28.0 Å². The number of aliphatic carboxylic acids is 1. The normalized spacial score (nSPS) is 11.1. The van der Waals surface area contributed by atoms with Gasteiger partial charge in [-0.25, -0.2) is 13.6 Å². The third-order valence-corrected chi connectivity index (χ3v) is 7.63. The zero-order valence-corrected chi connectivity index (χ0v) is 26.4. The molecule has 0 saturated heterocycles. The van der Waals surface area contributed by atoms with Crippen LogP contribution in [0.4, 0.5) is 8.78 Å². The van der Waals surface area contributed by atoms with Gasteiger partial charge in [-0.2, -0.15) is 0 Å². The Morgan fingerprint density at radius 1 is 0.867 bits per heavy atom. The van der Waals surface area contributed by atoms with E-state index in [2.05, 4.69) is 5.32 Å². The van der Waals surface area contributed by atoms with Crippen molar-refractivity contribution in [1.29, 1.82) is 0 Å². The molecule has 238 valence electrons. The van der Waals surface area contributed by atoms with Crippen LogP contribution in [0.1, 0.15) is 53.1 Å². The van der Waals surface area contributed by atoms with Gasteiger partial charge in [0.05, 0.1) is 16.7 Å². The Morgan fingerprint density at radius 3 is 2.00 bits per heavy atom. The van der Waals surface area contributed by atoms with E-state index in [9.17, 15) is 23.5 Å². The highest BCUT2D eigenvalue weighted by atomic mass is 35.5. The van der Waals surface area contributed by atoms with E-state index in [1.807, 2.05) is 19.9 Å². The van der Waals surface area contributed by atoms with E-state index >= 15 is 0 Å². The van der Waals surface area contributed by atoms with Crippen LogP contribution < -0.4 is 10.1 Å². The molecule has 11 heteroatoms. The topological polar surface area (TPSA) is 98.0 Å². The van der Waals surface area contributed by atoms with Crippen LogP contribution in [0.25, 0.3) is 22.3 Å². The fraction of sp³-hybridized carbons (Fsp3) is 0.294. The largest absolute Gasteiger partial charge is 0.481 e. The summed E-state index contributed by atoms with van der Waals surface area (Å²) in [6.45, 7) is 4.67. The standard InChI is InChI=1S/C34H33Cl2F2NO6/c1-20-13-25(21(2)45-20)18-43-12-6-4-3-5-11-39-34(42)24-14-26(22-7-9-30(37)28(35)16-22)33(44-19-32(40)41)27(15-24)23-8-10-31(38)29(36)17-23/h7-10,13-17H,3-6,11-12,18-19H2,1-2H3,(H,39,42)(H,40,41). The molecule has 1 amide bonds. The van der Waals surface area contributed by atoms with Gasteiger partial charge in [0, 0.05) is 35.4 Å². The predicted octanol–water partition coefficient (Wildman–Crippen LogP) is 8.79. The summed E-state index contributed by atoms with van der Waals surface area (Å²) in [7, 11) is 0. The van der Waals surface area contributed by atoms with Gasteiger partial charge in [0.15, 0.2) is 6.61 Å². The Kier molecular flexibility index (Phi) is 12.0. The smallest absolute Gasteiger partial charge is 0.341 e. The Bertz CT molecular complexity index is 1600. The van der Waals surface area contributed by atoms with Crippen LogP contribution in [-0.2, 0) is 16.1 Å². The summed E-state index contributed by atoms with van der Waals surface area (Å²) >= 11 is 12.1. The lowest BCUT2D eigenvalue weighted by atomic mass is 9.94. The van der Waals surface area contributed by atoms with E-state index in [0.717, 1.165) is 54.9 Å². The first-order valence-electron chi connectivity index (χ1n) is 14.4. The van der Waals surface area contributed by atoms with E-state index in [4.69, 9.17) is 37.1 Å². The van der Waals surface area contributed by atoms with Gasteiger partial charge in [-0.05, 0) is 80.3 Å². The van der Waals surface area contributed by atoms with E-state index in [-0.39, 0.29) is 21.4 Å². The molecule has 2 N–H and O–H groups in total. The lowest BCUT2D eigenvalue weighted by molar-refractivity contribution is -0.139. The summed E-state index contributed by atoms with van der Waals surface area (Å²) in [5.74, 6) is -1.11. The number of unbranched alkanes of at least 4 members (excludes halogenated alkanes) is 3. The first-order valence-corrected chi connectivity index (χ1v) is 15.1. The third kappa shape index (κ3) is 9.29. The Morgan fingerprint density at radius 2 is 1.47 bits per heavy atom. The molecule has 7 nitrogen and oxygen atoms in total. The molecule has 0 fully saturated rings. The van der Waals surface area contributed by atoms with Crippen LogP contribution in [0.2, 0.25) is 10.0 Å². The number of carbonyl (C=O) groups is 2. The minimum atomic E-state index is -1.24. The molecule has 0 bridgehead atoms. The van der Waals surface area contributed by atoms with Crippen molar-refractivity contribution in [1.82, 2.24) is 5.32 Å². The summed E-state index contributed by atoms with van der Waals surface area (Å²) in [5, 5.41) is 11.9. The number of carboxylic acids is 1. The lowest BCUT2D eigenvalue weighted by Crippen LogP contribution is -2.24. The van der Waals surface area contributed by atoms with Gasteiger partial charge in [-0.3, -0.25) is 4.79 Å². The number of ether oxygens (including phenoxy) is 2. The fourth-order valence-electron chi connectivity index (χ4n) is 4.80. The van der Waals surface area contributed by atoms with Crippen molar-refractivity contribution in [2.24, 2.45) is 0 Å². The van der Waals surface area contributed by atoms with Gasteiger partial charge in [-0.1, -0.05) is 48.2 Å². The quantitative estimate of drug-likeness (QED) is 0.124. The number of carbonyl (C=O) groups excluding carboxylic acids is 1. The van der Waals surface area contributed by atoms with Gasteiger partial charge in [0.25, 0.3) is 5.91 Å². The monoisotopic (exact) mass is 659 g/mol. The predicted molar refractivity (Wildman–Crippen MR) is 169 cm³/mol. The number of hydrogen-bond donors (Lipinski definition) is 2. The molecule has 0 radical (unpaired) electrons. The van der Waals surface area contributed by atoms with Crippen LogP contribution in [0.15, 0.2) is 59.0 Å². The Balaban J connectivity index is 1.47. The number of amides is 1. The van der Waals surface area contributed by atoms with Crippen molar-refractivity contribution in [2.45, 2.75) is 46.1 Å². The highest BCUT2D eigenvalue weighted by Crippen LogP contribution is 2.42. The number of halogens is 4. The molecule has 0 aliphatic carbocycles. The third-order valence-electron chi connectivity index (χ3n) is 7.05. The van der Waals surface area contributed by atoms with Crippen LogP contribution in [0, 0.1) is 25.5 Å². The molecule has 3 aromatic carbocycles.